The first-order valence-electron chi connectivity index (χ1n) is 5.39. The van der Waals surface area contributed by atoms with Crippen molar-refractivity contribution in [2.24, 2.45) is 5.84 Å². The molecule has 0 radical (unpaired) electrons. The van der Waals surface area contributed by atoms with Gasteiger partial charge in [0.15, 0.2) is 0 Å². The molecular weight excluding hydrogens is 204 g/mol. The van der Waals surface area contributed by atoms with Crippen LogP contribution in [0.3, 0.4) is 0 Å². The number of rotatable bonds is 6. The number of ether oxygens (including phenoxy) is 2. The zero-order valence-corrected chi connectivity index (χ0v) is 10.1. The minimum Gasteiger partial charge on any atom is -0.491 e. The third kappa shape index (κ3) is 3.81. The van der Waals surface area contributed by atoms with E-state index < -0.39 is 0 Å². The molecule has 3 N–H and O–H groups in total. The number of hydrazine groups is 1. The Bertz CT molecular complexity index is 298. The minimum atomic E-state index is 0.0121. The second kappa shape index (κ2) is 6.48. The number of nitrogens with two attached hydrogens (primary N) is 1. The summed E-state index contributed by atoms with van der Waals surface area (Å²) in [5.74, 6) is 6.32. The second-order valence-electron chi connectivity index (χ2n) is 3.91. The van der Waals surface area contributed by atoms with Crippen molar-refractivity contribution >= 4 is 0 Å². The molecule has 16 heavy (non-hydrogen) atoms. The molecule has 0 amide bonds. The topological polar surface area (TPSA) is 56.5 Å². The van der Waals surface area contributed by atoms with Crippen molar-refractivity contribution in [1.82, 2.24) is 5.43 Å². The molecule has 1 atom stereocenters. The highest BCUT2D eigenvalue weighted by Gasteiger charge is 2.08. The number of nitrogens with one attached hydrogen (secondary N) is 1. The van der Waals surface area contributed by atoms with E-state index in [0.29, 0.717) is 6.61 Å². The predicted molar refractivity (Wildman–Crippen MR) is 64.1 cm³/mol. The van der Waals surface area contributed by atoms with Gasteiger partial charge in [0.05, 0.1) is 18.8 Å². The molecule has 4 nitrogen and oxygen atoms in total. The summed E-state index contributed by atoms with van der Waals surface area (Å²) in [5, 5.41) is 0. The van der Waals surface area contributed by atoms with Gasteiger partial charge in [-0.1, -0.05) is 12.1 Å². The highest BCUT2D eigenvalue weighted by atomic mass is 16.5. The average molecular weight is 224 g/mol. The van der Waals surface area contributed by atoms with E-state index in [2.05, 4.69) is 5.43 Å². The quantitative estimate of drug-likeness (QED) is 0.569. The van der Waals surface area contributed by atoms with Crippen LogP contribution in [0.5, 0.6) is 5.75 Å². The van der Waals surface area contributed by atoms with Crippen LogP contribution in [0.2, 0.25) is 0 Å². The van der Waals surface area contributed by atoms with Gasteiger partial charge in [-0.05, 0) is 31.5 Å². The predicted octanol–water partition coefficient (Wildman–Crippen LogP) is 1.62. The Labute approximate surface area is 96.7 Å². The van der Waals surface area contributed by atoms with E-state index in [0.717, 1.165) is 11.3 Å². The molecule has 0 bridgehead atoms. The van der Waals surface area contributed by atoms with Gasteiger partial charge < -0.3 is 9.47 Å². The van der Waals surface area contributed by atoms with Crippen LogP contribution in [0, 0.1) is 0 Å². The van der Waals surface area contributed by atoms with Gasteiger partial charge in [0.2, 0.25) is 0 Å². The molecule has 0 saturated carbocycles. The first-order chi connectivity index (χ1) is 7.67. The Balaban J connectivity index is 2.69. The van der Waals surface area contributed by atoms with E-state index in [1.807, 2.05) is 38.1 Å². The summed E-state index contributed by atoms with van der Waals surface area (Å²) < 4.78 is 10.6. The van der Waals surface area contributed by atoms with E-state index in [1.54, 1.807) is 7.11 Å². The summed E-state index contributed by atoms with van der Waals surface area (Å²) in [6.45, 7) is 4.55. The van der Waals surface area contributed by atoms with Gasteiger partial charge in [0.1, 0.15) is 5.75 Å². The van der Waals surface area contributed by atoms with Gasteiger partial charge in [0.25, 0.3) is 0 Å². The lowest BCUT2D eigenvalue weighted by molar-refractivity contribution is 0.167. The Hall–Kier alpha value is -1.10. The summed E-state index contributed by atoms with van der Waals surface area (Å²) in [6, 6.07) is 7.87. The van der Waals surface area contributed by atoms with Crippen LogP contribution in [-0.2, 0) is 4.74 Å². The largest absolute Gasteiger partial charge is 0.491 e. The number of benzene rings is 1. The summed E-state index contributed by atoms with van der Waals surface area (Å²) in [6.07, 6.45) is 0.188. The van der Waals surface area contributed by atoms with Crippen molar-refractivity contribution < 1.29 is 9.47 Å². The van der Waals surface area contributed by atoms with Crippen molar-refractivity contribution in [2.75, 3.05) is 13.7 Å². The molecule has 0 spiro atoms. The smallest absolute Gasteiger partial charge is 0.119 e. The van der Waals surface area contributed by atoms with E-state index in [4.69, 9.17) is 15.3 Å². The van der Waals surface area contributed by atoms with E-state index in [9.17, 15) is 0 Å². The van der Waals surface area contributed by atoms with Crippen molar-refractivity contribution in [2.45, 2.75) is 26.0 Å². The third-order valence-electron chi connectivity index (χ3n) is 2.19. The molecule has 90 valence electrons. The van der Waals surface area contributed by atoms with Crippen molar-refractivity contribution in [3.8, 4) is 5.75 Å². The highest BCUT2D eigenvalue weighted by Crippen LogP contribution is 2.18. The molecular formula is C12H20N2O2. The van der Waals surface area contributed by atoms with Crippen LogP contribution >= 0.6 is 0 Å². The van der Waals surface area contributed by atoms with Crippen LogP contribution in [-0.4, -0.2) is 19.8 Å². The lowest BCUT2D eigenvalue weighted by atomic mass is 10.1. The van der Waals surface area contributed by atoms with Gasteiger partial charge in [-0.2, -0.15) is 0 Å². The van der Waals surface area contributed by atoms with Crippen molar-refractivity contribution in [1.29, 1.82) is 0 Å². The normalized spacial score (nSPS) is 12.8. The molecule has 0 aliphatic carbocycles. The lowest BCUT2D eigenvalue weighted by Gasteiger charge is -2.16. The summed E-state index contributed by atoms with van der Waals surface area (Å²) in [4.78, 5) is 0. The van der Waals surface area contributed by atoms with Gasteiger partial charge in [0, 0.05) is 7.11 Å². The molecule has 1 aromatic rings. The lowest BCUT2D eigenvalue weighted by Crippen LogP contribution is -2.31. The number of hydrogen-bond donors (Lipinski definition) is 2. The molecule has 1 rings (SSSR count). The van der Waals surface area contributed by atoms with E-state index >= 15 is 0 Å². The summed E-state index contributed by atoms with van der Waals surface area (Å²) in [7, 11) is 1.65. The molecule has 0 saturated heterocycles. The van der Waals surface area contributed by atoms with Gasteiger partial charge in [-0.15, -0.1) is 0 Å². The summed E-state index contributed by atoms with van der Waals surface area (Å²) >= 11 is 0. The second-order valence-corrected chi connectivity index (χ2v) is 3.91. The Morgan fingerprint density at radius 2 is 1.88 bits per heavy atom. The van der Waals surface area contributed by atoms with Gasteiger partial charge in [-0.3, -0.25) is 11.3 Å². The first-order valence-corrected chi connectivity index (χ1v) is 5.39. The van der Waals surface area contributed by atoms with Crippen molar-refractivity contribution in [3.05, 3.63) is 29.8 Å². The SMILES string of the molecule is COCC(NN)c1ccc(OC(C)C)cc1. The maximum Gasteiger partial charge on any atom is 0.119 e. The number of methoxy groups -OCH3 is 1. The zero-order valence-electron chi connectivity index (χ0n) is 10.1. The third-order valence-corrected chi connectivity index (χ3v) is 2.19. The van der Waals surface area contributed by atoms with Crippen LogP contribution < -0.4 is 16.0 Å². The Kier molecular flexibility index (Phi) is 5.25. The van der Waals surface area contributed by atoms with Crippen LogP contribution in [0.25, 0.3) is 0 Å². The molecule has 4 heteroatoms. The fraction of sp³-hybridized carbons (Fsp3) is 0.500. The zero-order chi connectivity index (χ0) is 12.0. The molecule has 0 aromatic heterocycles. The molecule has 0 fully saturated rings. The van der Waals surface area contributed by atoms with Gasteiger partial charge >= 0.3 is 0 Å². The molecule has 0 aliphatic heterocycles. The fourth-order valence-corrected chi connectivity index (χ4v) is 1.46. The average Bonchev–Trinajstić information content (AvgIpc) is 2.26. The fourth-order valence-electron chi connectivity index (χ4n) is 1.46. The van der Waals surface area contributed by atoms with Crippen LogP contribution in [0.1, 0.15) is 25.5 Å². The molecule has 0 aliphatic rings. The Morgan fingerprint density at radius 1 is 1.25 bits per heavy atom. The highest BCUT2D eigenvalue weighted by molar-refractivity contribution is 5.29. The van der Waals surface area contributed by atoms with Gasteiger partial charge in [-0.25, -0.2) is 0 Å². The van der Waals surface area contributed by atoms with Crippen LogP contribution in [0.4, 0.5) is 0 Å². The Morgan fingerprint density at radius 3 is 2.31 bits per heavy atom. The maximum atomic E-state index is 5.56. The monoisotopic (exact) mass is 224 g/mol. The standard InChI is InChI=1S/C12H20N2O2/c1-9(2)16-11-6-4-10(5-7-11)12(14-13)8-15-3/h4-7,9,12,14H,8,13H2,1-3H3. The van der Waals surface area contributed by atoms with E-state index in [-0.39, 0.29) is 12.1 Å². The summed E-state index contributed by atoms with van der Waals surface area (Å²) in [5.41, 5.74) is 3.80. The minimum absolute atomic E-state index is 0.0121. The molecule has 0 heterocycles. The van der Waals surface area contributed by atoms with E-state index in [1.165, 1.54) is 0 Å². The van der Waals surface area contributed by atoms with Crippen LogP contribution in [0.15, 0.2) is 24.3 Å². The first kappa shape index (κ1) is 13.0. The molecule has 1 unspecified atom stereocenters. The van der Waals surface area contributed by atoms with Crippen molar-refractivity contribution in [3.63, 3.8) is 0 Å². The maximum absolute atomic E-state index is 5.56. The molecule has 1 aromatic carbocycles. The number of hydrogen-bond acceptors (Lipinski definition) is 4.